The van der Waals surface area contributed by atoms with E-state index in [4.69, 9.17) is 5.73 Å². The highest BCUT2D eigenvalue weighted by molar-refractivity contribution is 8.03. The molecule has 2 N–H and O–H groups in total. The Hall–Kier alpha value is -1.67. The monoisotopic (exact) mass is 269 g/mol. The summed E-state index contributed by atoms with van der Waals surface area (Å²) in [7, 11) is 0. The highest BCUT2D eigenvalue weighted by Crippen LogP contribution is 2.32. The van der Waals surface area contributed by atoms with Crippen LogP contribution in [0.4, 0.5) is 5.69 Å². The molecule has 0 unspecified atom stereocenters. The Morgan fingerprint density at radius 2 is 1.74 bits per heavy atom. The second kappa shape index (κ2) is 7.05. The van der Waals surface area contributed by atoms with Crippen molar-refractivity contribution in [2.24, 2.45) is 0 Å². The molecular weight excluding hydrogens is 250 g/mol. The molecule has 0 fully saturated rings. The zero-order valence-corrected chi connectivity index (χ0v) is 12.0. The number of nitrogen functional groups attached to an aromatic ring is 1. The van der Waals surface area contributed by atoms with Crippen LogP contribution in [0.3, 0.4) is 0 Å². The molecule has 0 bridgehead atoms. The van der Waals surface area contributed by atoms with E-state index in [1.54, 1.807) is 0 Å². The quantitative estimate of drug-likeness (QED) is 0.596. The second-order valence-corrected chi connectivity index (χ2v) is 5.60. The zero-order chi connectivity index (χ0) is 13.5. The Labute approximate surface area is 119 Å². The lowest BCUT2D eigenvalue weighted by molar-refractivity contribution is 0.951. The van der Waals surface area contributed by atoms with Crippen molar-refractivity contribution in [1.29, 1.82) is 0 Å². The van der Waals surface area contributed by atoms with Gasteiger partial charge in [0.15, 0.2) is 0 Å². The first kappa shape index (κ1) is 13.8. The van der Waals surface area contributed by atoms with Crippen molar-refractivity contribution in [3.05, 3.63) is 65.1 Å². The Morgan fingerprint density at radius 1 is 1.05 bits per heavy atom. The van der Waals surface area contributed by atoms with Gasteiger partial charge < -0.3 is 5.73 Å². The standard InChI is InChI=1S/C17H19NS/c1-2-8-16(19-15-10-4-3-5-11-15)13-14-9-6-7-12-17(14)18/h3-7,9-13H,2,8,18H2,1H3/b16-13+. The lowest BCUT2D eigenvalue weighted by Gasteiger charge is -2.07. The van der Waals surface area contributed by atoms with Crippen LogP contribution in [0.2, 0.25) is 0 Å². The molecule has 2 rings (SSSR count). The Balaban J connectivity index is 2.23. The summed E-state index contributed by atoms with van der Waals surface area (Å²) in [5.74, 6) is 0. The van der Waals surface area contributed by atoms with Crippen LogP contribution in [0.5, 0.6) is 0 Å². The van der Waals surface area contributed by atoms with Crippen LogP contribution in [0.1, 0.15) is 25.3 Å². The molecular formula is C17H19NS. The lowest BCUT2D eigenvalue weighted by atomic mass is 10.1. The summed E-state index contributed by atoms with van der Waals surface area (Å²) in [6, 6.07) is 18.5. The molecule has 0 amide bonds. The number of rotatable bonds is 5. The van der Waals surface area contributed by atoms with Gasteiger partial charge in [0.1, 0.15) is 0 Å². The molecule has 2 aromatic carbocycles. The number of hydrogen-bond donors (Lipinski definition) is 1. The SMILES string of the molecule is CCC/C(=C\c1ccccc1N)Sc1ccccc1. The number of hydrogen-bond acceptors (Lipinski definition) is 2. The van der Waals surface area contributed by atoms with Gasteiger partial charge in [0.25, 0.3) is 0 Å². The van der Waals surface area contributed by atoms with Gasteiger partial charge >= 0.3 is 0 Å². The molecule has 0 saturated heterocycles. The van der Waals surface area contributed by atoms with E-state index in [2.05, 4.69) is 43.3 Å². The first-order valence-electron chi connectivity index (χ1n) is 6.57. The summed E-state index contributed by atoms with van der Waals surface area (Å²) < 4.78 is 0. The molecule has 0 aliphatic heterocycles. The molecule has 19 heavy (non-hydrogen) atoms. The van der Waals surface area contributed by atoms with Gasteiger partial charge in [-0.2, -0.15) is 0 Å². The van der Waals surface area contributed by atoms with Gasteiger partial charge in [0.05, 0.1) is 0 Å². The van der Waals surface area contributed by atoms with Crippen LogP contribution in [0, 0.1) is 0 Å². The van der Waals surface area contributed by atoms with Crippen LogP contribution < -0.4 is 5.73 Å². The van der Waals surface area contributed by atoms with Gasteiger partial charge in [0.2, 0.25) is 0 Å². The van der Waals surface area contributed by atoms with Crippen LogP contribution in [-0.2, 0) is 0 Å². The number of thioether (sulfide) groups is 1. The van der Waals surface area contributed by atoms with E-state index in [0.717, 1.165) is 24.1 Å². The minimum absolute atomic E-state index is 0.838. The highest BCUT2D eigenvalue weighted by Gasteiger charge is 2.02. The molecule has 0 heterocycles. The molecule has 0 saturated carbocycles. The van der Waals surface area contributed by atoms with E-state index in [-0.39, 0.29) is 0 Å². The maximum atomic E-state index is 6.00. The predicted octanol–water partition coefficient (Wildman–Crippen LogP) is 5.20. The molecule has 0 aliphatic rings. The zero-order valence-electron chi connectivity index (χ0n) is 11.2. The summed E-state index contributed by atoms with van der Waals surface area (Å²) in [6.45, 7) is 2.20. The third-order valence-corrected chi connectivity index (χ3v) is 3.89. The molecule has 2 heteroatoms. The predicted molar refractivity (Wildman–Crippen MR) is 86.0 cm³/mol. The van der Waals surface area contributed by atoms with Gasteiger partial charge in [-0.25, -0.2) is 0 Å². The van der Waals surface area contributed by atoms with Gasteiger partial charge in [-0.15, -0.1) is 0 Å². The van der Waals surface area contributed by atoms with Crippen molar-refractivity contribution >= 4 is 23.5 Å². The van der Waals surface area contributed by atoms with Crippen molar-refractivity contribution in [2.75, 3.05) is 5.73 Å². The smallest absolute Gasteiger partial charge is 0.0387 e. The normalized spacial score (nSPS) is 11.5. The number of benzene rings is 2. The van der Waals surface area contributed by atoms with E-state index in [0.29, 0.717) is 0 Å². The number of allylic oxidation sites excluding steroid dienone is 1. The summed E-state index contributed by atoms with van der Waals surface area (Å²) in [6.07, 6.45) is 4.42. The van der Waals surface area contributed by atoms with Gasteiger partial charge in [-0.3, -0.25) is 0 Å². The molecule has 2 aromatic rings. The van der Waals surface area contributed by atoms with Crippen molar-refractivity contribution < 1.29 is 0 Å². The van der Waals surface area contributed by atoms with Crippen LogP contribution >= 0.6 is 11.8 Å². The van der Waals surface area contributed by atoms with E-state index >= 15 is 0 Å². The van der Waals surface area contributed by atoms with Gasteiger partial charge in [-0.05, 0) is 41.2 Å². The molecule has 0 aromatic heterocycles. The van der Waals surface area contributed by atoms with Crippen LogP contribution in [0.25, 0.3) is 6.08 Å². The molecule has 1 nitrogen and oxygen atoms in total. The minimum atomic E-state index is 0.838. The summed E-state index contributed by atoms with van der Waals surface area (Å²) >= 11 is 1.82. The van der Waals surface area contributed by atoms with Crippen LogP contribution in [-0.4, -0.2) is 0 Å². The van der Waals surface area contributed by atoms with Crippen LogP contribution in [0.15, 0.2) is 64.4 Å². The molecule has 0 radical (unpaired) electrons. The molecule has 0 atom stereocenters. The van der Waals surface area contributed by atoms with Crippen molar-refractivity contribution in [3.8, 4) is 0 Å². The minimum Gasteiger partial charge on any atom is -0.398 e. The Kier molecular flexibility index (Phi) is 5.10. The molecule has 0 aliphatic carbocycles. The number of anilines is 1. The maximum absolute atomic E-state index is 6.00. The first-order valence-corrected chi connectivity index (χ1v) is 7.39. The maximum Gasteiger partial charge on any atom is 0.0387 e. The highest BCUT2D eigenvalue weighted by atomic mass is 32.2. The molecule has 0 spiro atoms. The second-order valence-electron chi connectivity index (χ2n) is 4.40. The fourth-order valence-corrected chi connectivity index (χ4v) is 2.94. The van der Waals surface area contributed by atoms with Crippen molar-refractivity contribution in [1.82, 2.24) is 0 Å². The van der Waals surface area contributed by atoms with E-state index in [1.165, 1.54) is 9.80 Å². The van der Waals surface area contributed by atoms with Crippen molar-refractivity contribution in [2.45, 2.75) is 24.7 Å². The fraction of sp³-hybridized carbons (Fsp3) is 0.176. The van der Waals surface area contributed by atoms with Crippen molar-refractivity contribution in [3.63, 3.8) is 0 Å². The van der Waals surface area contributed by atoms with Gasteiger partial charge in [0, 0.05) is 10.6 Å². The Morgan fingerprint density at radius 3 is 2.42 bits per heavy atom. The van der Waals surface area contributed by atoms with E-state index < -0.39 is 0 Å². The summed E-state index contributed by atoms with van der Waals surface area (Å²) in [5.41, 5.74) is 7.95. The average molecular weight is 269 g/mol. The topological polar surface area (TPSA) is 26.0 Å². The lowest BCUT2D eigenvalue weighted by Crippen LogP contribution is -1.89. The molecule has 98 valence electrons. The average Bonchev–Trinajstić information content (AvgIpc) is 2.43. The third kappa shape index (κ3) is 4.18. The van der Waals surface area contributed by atoms with E-state index in [1.807, 2.05) is 36.0 Å². The summed E-state index contributed by atoms with van der Waals surface area (Å²) in [4.78, 5) is 2.63. The summed E-state index contributed by atoms with van der Waals surface area (Å²) in [5, 5.41) is 0. The first-order chi connectivity index (χ1) is 9.29. The van der Waals surface area contributed by atoms with Gasteiger partial charge in [-0.1, -0.05) is 61.5 Å². The number of nitrogens with two attached hydrogens (primary N) is 1. The fourth-order valence-electron chi connectivity index (χ4n) is 1.85. The number of para-hydroxylation sites is 1. The third-order valence-electron chi connectivity index (χ3n) is 2.80. The largest absolute Gasteiger partial charge is 0.398 e. The Bertz CT molecular complexity index is 546. The van der Waals surface area contributed by atoms with E-state index in [9.17, 15) is 0 Å².